The van der Waals surface area contributed by atoms with Gasteiger partial charge in [-0.1, -0.05) is 66.7 Å². The minimum atomic E-state index is -1.32. The molecule has 0 aromatic heterocycles. The molecule has 0 bridgehead atoms. The van der Waals surface area contributed by atoms with Crippen LogP contribution in [0.3, 0.4) is 0 Å². The summed E-state index contributed by atoms with van der Waals surface area (Å²) in [6.45, 7) is -0.833. The normalized spacial score (nSPS) is 19.3. The van der Waals surface area contributed by atoms with Crippen molar-refractivity contribution in [2.45, 2.75) is 30.7 Å². The molecule has 1 heterocycles. The van der Waals surface area contributed by atoms with E-state index in [1.807, 2.05) is 0 Å². The molecule has 0 aliphatic carbocycles. The van der Waals surface area contributed by atoms with E-state index in [2.05, 4.69) is 0 Å². The van der Waals surface area contributed by atoms with Crippen LogP contribution < -0.4 is 9.47 Å². The monoisotopic (exact) mass is 642 g/mol. The predicted molar refractivity (Wildman–Crippen MR) is 167 cm³/mol. The molecule has 4 aromatic rings. The Morgan fingerprint density at radius 1 is 0.660 bits per heavy atom. The van der Waals surface area contributed by atoms with Gasteiger partial charge in [-0.15, -0.1) is 0 Å². The van der Waals surface area contributed by atoms with Crippen molar-refractivity contribution in [3.05, 3.63) is 132 Å². The van der Waals surface area contributed by atoms with E-state index < -0.39 is 48.6 Å². The molecule has 4 aromatic carbocycles. The zero-order valence-electron chi connectivity index (χ0n) is 25.5. The zero-order valence-corrected chi connectivity index (χ0v) is 25.5. The van der Waals surface area contributed by atoms with Crippen LogP contribution in [0.25, 0.3) is 0 Å². The van der Waals surface area contributed by atoms with Crippen LogP contribution in [0.5, 0.6) is 11.5 Å². The molecule has 0 saturated carbocycles. The third-order valence-electron chi connectivity index (χ3n) is 7.11. The maximum atomic E-state index is 13.2. The van der Waals surface area contributed by atoms with E-state index in [-0.39, 0.29) is 30.9 Å². The Bertz CT molecular complexity index is 1600. The zero-order chi connectivity index (χ0) is 33.0. The predicted octanol–water partition coefficient (Wildman–Crippen LogP) is 4.48. The lowest BCUT2D eigenvalue weighted by Gasteiger charge is -2.25. The Kier molecular flexibility index (Phi) is 11.5. The number of benzene rings is 4. The van der Waals surface area contributed by atoms with E-state index in [0.29, 0.717) is 17.1 Å². The number of hydrogen-bond donors (Lipinski definition) is 1. The van der Waals surface area contributed by atoms with Crippen molar-refractivity contribution in [3.63, 3.8) is 0 Å². The second-order valence-electron chi connectivity index (χ2n) is 10.4. The molecule has 0 radical (unpaired) electrons. The maximum Gasteiger partial charge on any atom is 0.338 e. The van der Waals surface area contributed by atoms with Crippen LogP contribution in [0.1, 0.15) is 31.1 Å². The topological polar surface area (TPSA) is 136 Å². The standard InChI is InChI=1S/C36H34O11/c1-41-28-19-11-12-20-29(28)42-21-27(37)22-44-36-32(47-35(40)26-17-9-4-10-18-26)31(46-34(39)25-15-7-3-8-16-25)30(45-36)23-43-33(38)24-13-5-2-6-14-24/h2-20,27,30-32,36-37H,21-23H2,1H3/t27-,30+,31+,32+,36+/m0/s1. The van der Waals surface area contributed by atoms with Gasteiger partial charge in [0.05, 0.1) is 30.4 Å². The second-order valence-corrected chi connectivity index (χ2v) is 10.4. The molecule has 1 N–H and O–H groups in total. The third-order valence-corrected chi connectivity index (χ3v) is 7.11. The molecular formula is C36H34O11. The van der Waals surface area contributed by atoms with Crippen LogP contribution in [0.15, 0.2) is 115 Å². The minimum absolute atomic E-state index is 0.161. The van der Waals surface area contributed by atoms with Gasteiger partial charge in [0, 0.05) is 0 Å². The first-order valence-electron chi connectivity index (χ1n) is 14.9. The van der Waals surface area contributed by atoms with Gasteiger partial charge in [-0.2, -0.15) is 0 Å². The van der Waals surface area contributed by atoms with Crippen LogP contribution in [0.4, 0.5) is 0 Å². The van der Waals surface area contributed by atoms with Crippen LogP contribution in [0.2, 0.25) is 0 Å². The Morgan fingerprint density at radius 2 is 1.15 bits per heavy atom. The Labute approximate surface area is 271 Å². The Morgan fingerprint density at radius 3 is 1.70 bits per heavy atom. The van der Waals surface area contributed by atoms with Gasteiger partial charge in [0.2, 0.25) is 0 Å². The van der Waals surface area contributed by atoms with Gasteiger partial charge in [0.25, 0.3) is 0 Å². The van der Waals surface area contributed by atoms with Crippen molar-refractivity contribution in [2.75, 3.05) is 26.9 Å². The maximum absolute atomic E-state index is 13.2. The van der Waals surface area contributed by atoms with Crippen LogP contribution in [0, 0.1) is 0 Å². The molecule has 11 nitrogen and oxygen atoms in total. The van der Waals surface area contributed by atoms with Gasteiger partial charge in [-0.3, -0.25) is 0 Å². The number of ether oxygens (including phenoxy) is 7. The highest BCUT2D eigenvalue weighted by Gasteiger charge is 2.51. The van der Waals surface area contributed by atoms with Gasteiger partial charge in [0.1, 0.15) is 25.4 Å². The Hall–Kier alpha value is -5.23. The molecular weight excluding hydrogens is 608 g/mol. The fraction of sp³-hybridized carbons (Fsp3) is 0.250. The first kappa shape index (κ1) is 33.1. The molecule has 244 valence electrons. The van der Waals surface area contributed by atoms with E-state index in [4.69, 9.17) is 33.2 Å². The van der Waals surface area contributed by atoms with Gasteiger partial charge in [-0.25, -0.2) is 14.4 Å². The van der Waals surface area contributed by atoms with Crippen molar-refractivity contribution >= 4 is 17.9 Å². The molecule has 5 rings (SSSR count). The molecule has 0 amide bonds. The highest BCUT2D eigenvalue weighted by atomic mass is 16.7. The second kappa shape index (κ2) is 16.4. The van der Waals surface area contributed by atoms with E-state index in [1.54, 1.807) is 115 Å². The number of carbonyl (C=O) groups excluding carboxylic acids is 3. The molecule has 1 aliphatic rings. The van der Waals surface area contributed by atoms with Gasteiger partial charge >= 0.3 is 17.9 Å². The summed E-state index contributed by atoms with van der Waals surface area (Å²) in [4.78, 5) is 39.2. The summed E-state index contributed by atoms with van der Waals surface area (Å²) in [5.41, 5.74) is 0.791. The highest BCUT2D eigenvalue weighted by molar-refractivity contribution is 5.91. The summed E-state index contributed by atoms with van der Waals surface area (Å²) in [7, 11) is 1.50. The fourth-order valence-electron chi connectivity index (χ4n) is 4.75. The van der Waals surface area contributed by atoms with Crippen molar-refractivity contribution < 1.29 is 52.6 Å². The molecule has 11 heteroatoms. The van der Waals surface area contributed by atoms with E-state index in [1.165, 1.54) is 7.11 Å². The summed E-state index contributed by atoms with van der Waals surface area (Å²) in [5.74, 6) is -1.16. The lowest BCUT2D eigenvalue weighted by molar-refractivity contribution is -0.183. The number of aliphatic hydroxyl groups is 1. The highest BCUT2D eigenvalue weighted by Crippen LogP contribution is 2.31. The lowest BCUT2D eigenvalue weighted by Crippen LogP contribution is -2.43. The van der Waals surface area contributed by atoms with Gasteiger partial charge < -0.3 is 38.3 Å². The lowest BCUT2D eigenvalue weighted by atomic mass is 10.1. The largest absolute Gasteiger partial charge is 0.493 e. The van der Waals surface area contributed by atoms with Crippen LogP contribution in [-0.4, -0.2) is 80.7 Å². The van der Waals surface area contributed by atoms with Crippen molar-refractivity contribution in [2.24, 2.45) is 0 Å². The van der Waals surface area contributed by atoms with Crippen LogP contribution in [-0.2, 0) is 23.7 Å². The minimum Gasteiger partial charge on any atom is -0.493 e. The van der Waals surface area contributed by atoms with Crippen molar-refractivity contribution in [1.82, 2.24) is 0 Å². The smallest absolute Gasteiger partial charge is 0.338 e. The van der Waals surface area contributed by atoms with Gasteiger partial charge in [-0.05, 0) is 48.5 Å². The van der Waals surface area contributed by atoms with E-state index in [0.717, 1.165) is 0 Å². The molecule has 47 heavy (non-hydrogen) atoms. The van der Waals surface area contributed by atoms with Crippen molar-refractivity contribution in [1.29, 1.82) is 0 Å². The van der Waals surface area contributed by atoms with Gasteiger partial charge in [0.15, 0.2) is 30.0 Å². The third kappa shape index (κ3) is 8.95. The summed E-state index contributed by atoms with van der Waals surface area (Å²) in [6, 6.07) is 31.8. The number of rotatable bonds is 14. The average molecular weight is 643 g/mol. The molecule has 0 spiro atoms. The summed E-state index contributed by atoms with van der Waals surface area (Å²) in [6.07, 6.45) is -6.13. The number of aliphatic hydroxyl groups excluding tert-OH is 1. The number of esters is 3. The first-order chi connectivity index (χ1) is 22.9. The Balaban J connectivity index is 1.35. The number of hydrogen-bond acceptors (Lipinski definition) is 11. The summed E-state index contributed by atoms with van der Waals surface area (Å²) >= 11 is 0. The first-order valence-corrected chi connectivity index (χ1v) is 14.9. The molecule has 1 saturated heterocycles. The quantitative estimate of drug-likeness (QED) is 0.154. The molecule has 1 fully saturated rings. The summed E-state index contributed by atoms with van der Waals surface area (Å²) < 4.78 is 40.2. The van der Waals surface area contributed by atoms with E-state index in [9.17, 15) is 19.5 Å². The molecule has 1 aliphatic heterocycles. The summed E-state index contributed by atoms with van der Waals surface area (Å²) in [5, 5.41) is 10.7. The van der Waals surface area contributed by atoms with Crippen molar-refractivity contribution in [3.8, 4) is 11.5 Å². The average Bonchev–Trinajstić information content (AvgIpc) is 3.44. The number of methoxy groups -OCH3 is 1. The molecule has 0 unspecified atom stereocenters. The fourth-order valence-corrected chi connectivity index (χ4v) is 4.75. The number of para-hydroxylation sites is 2. The SMILES string of the molecule is COc1ccccc1OC[C@H](O)CO[C@@H]1O[C@H](COC(=O)c2ccccc2)[C@@H](OC(=O)c2ccccc2)[C@H]1OC(=O)c1ccccc1. The molecule has 5 atom stereocenters. The van der Waals surface area contributed by atoms with E-state index >= 15 is 0 Å². The number of carbonyl (C=O) groups is 3. The van der Waals surface area contributed by atoms with Crippen LogP contribution >= 0.6 is 0 Å².